The number of fused-ring (bicyclic) bond motifs is 2. The zero-order valence-corrected chi connectivity index (χ0v) is 16.9. The smallest absolute Gasteiger partial charge is 0.160 e. The molecule has 2 heterocycles. The van der Waals surface area contributed by atoms with E-state index < -0.39 is 0 Å². The molecule has 1 aromatic carbocycles. The fourth-order valence-electron chi connectivity index (χ4n) is 3.54. The first-order chi connectivity index (χ1) is 12.5. The van der Waals surface area contributed by atoms with Crippen molar-refractivity contribution in [2.24, 2.45) is 0 Å². The number of hydrogen-bond acceptors (Lipinski definition) is 8. The van der Waals surface area contributed by atoms with Crippen LogP contribution < -0.4 is 0 Å². The highest BCUT2D eigenvalue weighted by atomic mass is 32.2. The summed E-state index contributed by atoms with van der Waals surface area (Å²) < 4.78 is 1.77. The molecule has 2 aliphatic carbocycles. The SMILES string of the molecule is O=C1CCCC1=C1Sc2c(O)c3c(c(O)c2S1)SC(=C1CCCC1=O)S3. The number of thioether (sulfide) groups is 4. The summed E-state index contributed by atoms with van der Waals surface area (Å²) in [7, 11) is 0. The minimum absolute atomic E-state index is 0.157. The van der Waals surface area contributed by atoms with Crippen LogP contribution in [0.1, 0.15) is 38.5 Å². The summed E-state index contributed by atoms with van der Waals surface area (Å²) in [5, 5.41) is 21.6. The van der Waals surface area contributed by atoms with Gasteiger partial charge < -0.3 is 10.2 Å². The molecule has 2 saturated carbocycles. The topological polar surface area (TPSA) is 74.6 Å². The van der Waals surface area contributed by atoms with Crippen molar-refractivity contribution in [2.45, 2.75) is 58.1 Å². The third-order valence-corrected chi connectivity index (χ3v) is 10.3. The van der Waals surface area contributed by atoms with E-state index in [2.05, 4.69) is 0 Å². The number of ketones is 2. The maximum atomic E-state index is 12.0. The van der Waals surface area contributed by atoms with Gasteiger partial charge in [0.1, 0.15) is 11.5 Å². The Morgan fingerprint density at radius 3 is 1.19 bits per heavy atom. The number of Topliss-reactive ketones (excluding diaryl/α,β-unsaturated/α-hetero) is 2. The number of aromatic hydroxyl groups is 2. The lowest BCUT2D eigenvalue weighted by atomic mass is 10.2. The molecule has 8 heteroatoms. The molecule has 2 fully saturated rings. The molecule has 5 rings (SSSR count). The van der Waals surface area contributed by atoms with Crippen LogP contribution in [-0.4, -0.2) is 21.8 Å². The molecule has 1 aromatic rings. The Balaban J connectivity index is 1.57. The van der Waals surface area contributed by atoms with Gasteiger partial charge in [-0.1, -0.05) is 47.0 Å². The van der Waals surface area contributed by atoms with Crippen molar-refractivity contribution in [3.8, 4) is 11.5 Å². The first kappa shape index (κ1) is 17.2. The third-order valence-electron chi connectivity index (χ3n) is 4.88. The second-order valence-corrected chi connectivity index (χ2v) is 11.1. The monoisotopic (exact) mass is 422 g/mol. The largest absolute Gasteiger partial charge is 0.505 e. The van der Waals surface area contributed by atoms with E-state index >= 15 is 0 Å². The normalized spacial score (nSPS) is 22.0. The van der Waals surface area contributed by atoms with E-state index in [-0.39, 0.29) is 23.1 Å². The first-order valence-electron chi connectivity index (χ1n) is 8.40. The number of benzene rings is 1. The summed E-state index contributed by atoms with van der Waals surface area (Å²) in [6, 6.07) is 0. The number of carbonyl (C=O) groups excluding carboxylic acids is 2. The highest BCUT2D eigenvalue weighted by Gasteiger charge is 2.38. The van der Waals surface area contributed by atoms with E-state index in [4.69, 9.17) is 0 Å². The van der Waals surface area contributed by atoms with Crippen LogP contribution in [0, 0.1) is 0 Å². The Hall–Kier alpha value is -0.960. The van der Waals surface area contributed by atoms with Crippen molar-refractivity contribution in [3.63, 3.8) is 0 Å². The summed E-state index contributed by atoms with van der Waals surface area (Å²) in [5.41, 5.74) is 1.66. The molecule has 0 radical (unpaired) electrons. The van der Waals surface area contributed by atoms with Crippen LogP contribution in [-0.2, 0) is 9.59 Å². The van der Waals surface area contributed by atoms with E-state index in [1.807, 2.05) is 0 Å². The first-order valence-corrected chi connectivity index (χ1v) is 11.7. The number of phenols is 2. The Morgan fingerprint density at radius 2 is 0.923 bits per heavy atom. The van der Waals surface area contributed by atoms with Crippen molar-refractivity contribution in [3.05, 3.63) is 19.6 Å². The Morgan fingerprint density at radius 1 is 0.577 bits per heavy atom. The van der Waals surface area contributed by atoms with Crippen LogP contribution in [0.5, 0.6) is 11.5 Å². The Bertz CT molecular complexity index is 842. The van der Waals surface area contributed by atoms with Gasteiger partial charge in [-0.25, -0.2) is 0 Å². The number of rotatable bonds is 0. The molecular weight excluding hydrogens is 408 g/mol. The Labute approximate surface area is 167 Å². The van der Waals surface area contributed by atoms with Crippen LogP contribution in [0.4, 0.5) is 0 Å². The number of allylic oxidation sites excluding steroid dienone is 2. The average molecular weight is 423 g/mol. The molecule has 0 aromatic heterocycles. The number of carbonyl (C=O) groups is 2. The van der Waals surface area contributed by atoms with Crippen molar-refractivity contribution in [1.82, 2.24) is 0 Å². The zero-order chi connectivity index (χ0) is 18.0. The van der Waals surface area contributed by atoms with Crippen LogP contribution >= 0.6 is 47.0 Å². The van der Waals surface area contributed by atoms with Crippen molar-refractivity contribution >= 4 is 58.6 Å². The van der Waals surface area contributed by atoms with Crippen molar-refractivity contribution in [1.29, 1.82) is 0 Å². The van der Waals surface area contributed by atoms with Crippen molar-refractivity contribution < 1.29 is 19.8 Å². The van der Waals surface area contributed by atoms with Gasteiger partial charge in [-0.3, -0.25) is 9.59 Å². The quantitative estimate of drug-likeness (QED) is 0.424. The molecule has 0 unspecified atom stereocenters. The summed E-state index contributed by atoms with van der Waals surface area (Å²) >= 11 is 5.54. The second kappa shape index (κ2) is 6.29. The second-order valence-electron chi connectivity index (χ2n) is 6.51. The number of phenolic OH excluding ortho intramolecular Hbond substituents is 2. The maximum absolute atomic E-state index is 12.0. The molecule has 0 bridgehead atoms. The number of hydrogen-bond donors (Lipinski definition) is 2. The molecule has 2 aliphatic heterocycles. The van der Waals surface area contributed by atoms with Gasteiger partial charge in [-0.2, -0.15) is 0 Å². The maximum Gasteiger partial charge on any atom is 0.160 e. The van der Waals surface area contributed by atoms with Crippen LogP contribution in [0.15, 0.2) is 39.2 Å². The highest BCUT2D eigenvalue weighted by molar-refractivity contribution is 8.26. The van der Waals surface area contributed by atoms with Crippen LogP contribution in [0.2, 0.25) is 0 Å². The molecule has 0 spiro atoms. The predicted octanol–water partition coefficient (Wildman–Crippen LogP) is 5.42. The molecular formula is C18H14O4S4. The Kier molecular flexibility index (Phi) is 4.15. The minimum atomic E-state index is 0.157. The predicted molar refractivity (Wildman–Crippen MR) is 105 cm³/mol. The van der Waals surface area contributed by atoms with Gasteiger partial charge in [0.05, 0.1) is 28.1 Å². The summed E-state index contributed by atoms with van der Waals surface area (Å²) in [5.74, 6) is 0.666. The van der Waals surface area contributed by atoms with Crippen molar-refractivity contribution in [2.75, 3.05) is 0 Å². The summed E-state index contributed by atoms with van der Waals surface area (Å²) in [6.07, 6.45) is 4.46. The van der Waals surface area contributed by atoms with Crippen LogP contribution in [0.25, 0.3) is 0 Å². The standard InChI is InChI=1S/C18H14O4S4/c19-9-5-1-3-7(9)17-23-13-11(21)15-16(12(22)14(13)24-17)26-18(25-15)8-4-2-6-10(8)20/h21-22H,1-6H2. The molecule has 0 atom stereocenters. The van der Waals surface area contributed by atoms with E-state index in [1.54, 1.807) is 0 Å². The fourth-order valence-corrected chi connectivity index (χ4v) is 9.15. The fraction of sp³-hybridized carbons (Fsp3) is 0.333. The van der Waals surface area contributed by atoms with Gasteiger partial charge in [0.2, 0.25) is 0 Å². The van der Waals surface area contributed by atoms with Gasteiger partial charge >= 0.3 is 0 Å². The van der Waals surface area contributed by atoms with E-state index in [9.17, 15) is 19.8 Å². The summed E-state index contributed by atoms with van der Waals surface area (Å²) in [4.78, 5) is 26.6. The van der Waals surface area contributed by atoms with E-state index in [1.165, 1.54) is 47.0 Å². The van der Waals surface area contributed by atoms with Gasteiger partial charge in [-0.05, 0) is 25.7 Å². The third kappa shape index (κ3) is 2.49. The van der Waals surface area contributed by atoms with E-state index in [0.29, 0.717) is 32.4 Å². The van der Waals surface area contributed by atoms with Crippen LogP contribution in [0.3, 0.4) is 0 Å². The zero-order valence-electron chi connectivity index (χ0n) is 13.6. The molecule has 4 nitrogen and oxygen atoms in total. The van der Waals surface area contributed by atoms with Gasteiger partial charge in [-0.15, -0.1) is 0 Å². The van der Waals surface area contributed by atoms with Gasteiger partial charge in [0, 0.05) is 24.0 Å². The van der Waals surface area contributed by atoms with Gasteiger partial charge in [0.15, 0.2) is 11.6 Å². The molecule has 134 valence electrons. The van der Waals surface area contributed by atoms with E-state index in [0.717, 1.165) is 45.3 Å². The lowest BCUT2D eigenvalue weighted by molar-refractivity contribution is -0.115. The molecule has 26 heavy (non-hydrogen) atoms. The highest BCUT2D eigenvalue weighted by Crippen LogP contribution is 2.68. The molecule has 4 aliphatic rings. The summed E-state index contributed by atoms with van der Waals surface area (Å²) in [6.45, 7) is 0. The molecule has 0 amide bonds. The molecule has 2 N–H and O–H groups in total. The molecule has 0 saturated heterocycles. The van der Waals surface area contributed by atoms with Gasteiger partial charge in [0.25, 0.3) is 0 Å². The minimum Gasteiger partial charge on any atom is -0.505 e. The lowest BCUT2D eigenvalue weighted by Crippen LogP contribution is -1.92. The average Bonchev–Trinajstić information content (AvgIpc) is 3.37. The lowest BCUT2D eigenvalue weighted by Gasteiger charge is -2.08.